The monoisotopic (exact) mass is 316 g/mol. The first kappa shape index (κ1) is 16.1. The summed E-state index contributed by atoms with van der Waals surface area (Å²) in [5, 5.41) is 3.28. The van der Waals surface area contributed by atoms with Gasteiger partial charge in [-0.15, -0.1) is 0 Å². The molecule has 1 N–H and O–H groups in total. The molecule has 122 valence electrons. The summed E-state index contributed by atoms with van der Waals surface area (Å²) in [6, 6.07) is 17.9. The van der Waals surface area contributed by atoms with E-state index in [2.05, 4.69) is 16.3 Å². The quantitative estimate of drug-likeness (QED) is 0.898. The van der Waals surface area contributed by atoms with E-state index < -0.39 is 6.43 Å². The third-order valence-electron chi connectivity index (χ3n) is 4.37. The molecule has 1 atom stereocenters. The zero-order chi connectivity index (χ0) is 16.1. The predicted molar refractivity (Wildman–Crippen MR) is 89.7 cm³/mol. The molecule has 0 aromatic heterocycles. The van der Waals surface area contributed by atoms with Crippen LogP contribution >= 0.6 is 0 Å². The highest BCUT2D eigenvalue weighted by Crippen LogP contribution is 2.30. The van der Waals surface area contributed by atoms with Crippen molar-refractivity contribution in [3.63, 3.8) is 0 Å². The third kappa shape index (κ3) is 4.15. The van der Waals surface area contributed by atoms with Crippen molar-refractivity contribution >= 4 is 0 Å². The maximum absolute atomic E-state index is 13.1. The van der Waals surface area contributed by atoms with E-state index in [4.69, 9.17) is 0 Å². The molecular weight excluding hydrogens is 294 g/mol. The molecule has 1 heterocycles. The number of halogens is 2. The summed E-state index contributed by atoms with van der Waals surface area (Å²) in [6.45, 7) is 3.34. The molecule has 0 radical (unpaired) electrons. The van der Waals surface area contributed by atoms with Gasteiger partial charge in [-0.1, -0.05) is 48.5 Å². The largest absolute Gasteiger partial charge is 0.314 e. The minimum absolute atomic E-state index is 0.113. The zero-order valence-corrected chi connectivity index (χ0v) is 13.1. The number of nitrogens with one attached hydrogen (secondary N) is 1. The Hall–Kier alpha value is -1.78. The summed E-state index contributed by atoms with van der Waals surface area (Å²) in [5.74, 6) is 0. The fourth-order valence-corrected chi connectivity index (χ4v) is 3.21. The van der Waals surface area contributed by atoms with Gasteiger partial charge in [0.1, 0.15) is 0 Å². The number of benzene rings is 2. The lowest BCUT2D eigenvalue weighted by atomic mass is 9.96. The van der Waals surface area contributed by atoms with Gasteiger partial charge in [0.2, 0.25) is 6.43 Å². The maximum Gasteiger partial charge on any atom is 0.240 e. The van der Waals surface area contributed by atoms with Crippen LogP contribution < -0.4 is 5.32 Å². The molecule has 23 heavy (non-hydrogen) atoms. The molecule has 1 fully saturated rings. The van der Waals surface area contributed by atoms with Crippen LogP contribution in [0.3, 0.4) is 0 Å². The van der Waals surface area contributed by atoms with Crippen molar-refractivity contribution in [2.24, 2.45) is 0 Å². The summed E-state index contributed by atoms with van der Waals surface area (Å²) < 4.78 is 26.2. The Morgan fingerprint density at radius 3 is 2.30 bits per heavy atom. The number of alkyl halides is 2. The molecule has 0 spiro atoms. The first-order chi connectivity index (χ1) is 11.2. The van der Waals surface area contributed by atoms with Gasteiger partial charge in [-0.25, -0.2) is 8.78 Å². The summed E-state index contributed by atoms with van der Waals surface area (Å²) in [7, 11) is 0. The summed E-state index contributed by atoms with van der Waals surface area (Å²) in [4.78, 5) is 2.17. The molecule has 0 amide bonds. The molecule has 0 unspecified atom stereocenters. The highest BCUT2D eigenvalue weighted by atomic mass is 19.3. The lowest BCUT2D eigenvalue weighted by molar-refractivity contribution is 0.0739. The van der Waals surface area contributed by atoms with Crippen LogP contribution in [0, 0.1) is 0 Å². The molecular formula is C19H22F2N2. The van der Waals surface area contributed by atoms with Crippen molar-refractivity contribution in [1.82, 2.24) is 10.2 Å². The molecule has 1 saturated heterocycles. The smallest absolute Gasteiger partial charge is 0.240 e. The van der Waals surface area contributed by atoms with Gasteiger partial charge in [0.05, 0.1) is 0 Å². The van der Waals surface area contributed by atoms with Crippen LogP contribution in [0.25, 0.3) is 11.1 Å². The SMILES string of the molecule is FC(F)C[C@H](c1cccc(-c2ccccc2)c1)N1CCNCC1. The van der Waals surface area contributed by atoms with Gasteiger partial charge in [-0.3, -0.25) is 4.90 Å². The first-order valence-corrected chi connectivity index (χ1v) is 8.12. The Kier molecular flexibility index (Phi) is 5.36. The van der Waals surface area contributed by atoms with Crippen LogP contribution in [-0.4, -0.2) is 37.5 Å². The molecule has 1 aliphatic rings. The van der Waals surface area contributed by atoms with Gasteiger partial charge in [-0.2, -0.15) is 0 Å². The van der Waals surface area contributed by atoms with Gasteiger partial charge < -0.3 is 5.32 Å². The van der Waals surface area contributed by atoms with E-state index in [9.17, 15) is 8.78 Å². The number of hydrogen-bond donors (Lipinski definition) is 1. The van der Waals surface area contributed by atoms with Crippen LogP contribution in [0.15, 0.2) is 54.6 Å². The van der Waals surface area contributed by atoms with Crippen LogP contribution in [0.2, 0.25) is 0 Å². The van der Waals surface area contributed by atoms with Crippen molar-refractivity contribution in [3.05, 3.63) is 60.2 Å². The van der Waals surface area contributed by atoms with Gasteiger partial charge in [0.15, 0.2) is 0 Å². The van der Waals surface area contributed by atoms with E-state index in [-0.39, 0.29) is 12.5 Å². The minimum Gasteiger partial charge on any atom is -0.314 e. The number of nitrogens with zero attached hydrogens (tertiary/aromatic N) is 1. The molecule has 1 aliphatic heterocycles. The van der Waals surface area contributed by atoms with Crippen molar-refractivity contribution in [2.45, 2.75) is 18.9 Å². The molecule has 0 saturated carbocycles. The first-order valence-electron chi connectivity index (χ1n) is 8.12. The minimum atomic E-state index is -2.30. The van der Waals surface area contributed by atoms with Gasteiger partial charge in [0.25, 0.3) is 0 Å². The normalized spacial score (nSPS) is 17.3. The van der Waals surface area contributed by atoms with Gasteiger partial charge in [-0.05, 0) is 22.8 Å². The lowest BCUT2D eigenvalue weighted by Crippen LogP contribution is -2.45. The summed E-state index contributed by atoms with van der Waals surface area (Å²) in [5.41, 5.74) is 3.18. The predicted octanol–water partition coefficient (Wildman–Crippen LogP) is 3.96. The lowest BCUT2D eigenvalue weighted by Gasteiger charge is -2.35. The summed E-state index contributed by atoms with van der Waals surface area (Å²) >= 11 is 0. The van der Waals surface area contributed by atoms with Crippen molar-refractivity contribution in [3.8, 4) is 11.1 Å². The molecule has 2 nitrogen and oxygen atoms in total. The Morgan fingerprint density at radius 2 is 1.61 bits per heavy atom. The van der Waals surface area contributed by atoms with Crippen LogP contribution in [0.5, 0.6) is 0 Å². The van der Waals surface area contributed by atoms with Crippen molar-refractivity contribution in [1.29, 1.82) is 0 Å². The molecule has 3 rings (SSSR count). The van der Waals surface area contributed by atoms with E-state index in [0.29, 0.717) is 0 Å². The fourth-order valence-electron chi connectivity index (χ4n) is 3.21. The Labute approximate surface area is 136 Å². The topological polar surface area (TPSA) is 15.3 Å². The van der Waals surface area contributed by atoms with Crippen molar-refractivity contribution in [2.75, 3.05) is 26.2 Å². The molecule has 4 heteroatoms. The highest BCUT2D eigenvalue weighted by Gasteiger charge is 2.25. The molecule has 0 aliphatic carbocycles. The van der Waals surface area contributed by atoms with Crippen LogP contribution in [0.4, 0.5) is 8.78 Å². The standard InChI is InChI=1S/C19H22F2N2/c20-19(21)14-18(23-11-9-22-10-12-23)17-8-4-7-16(13-17)15-5-2-1-3-6-15/h1-8,13,18-19,22H,9-12,14H2/t18-/m1/s1. The molecule has 2 aromatic rings. The van der Waals surface area contributed by atoms with Crippen molar-refractivity contribution < 1.29 is 8.78 Å². The van der Waals surface area contributed by atoms with Crippen LogP contribution in [-0.2, 0) is 0 Å². The van der Waals surface area contributed by atoms with E-state index in [1.165, 1.54) is 0 Å². The average molecular weight is 316 g/mol. The van der Waals surface area contributed by atoms with E-state index in [0.717, 1.165) is 42.9 Å². The summed E-state index contributed by atoms with van der Waals surface area (Å²) in [6.07, 6.45) is -2.41. The molecule has 2 aromatic carbocycles. The Balaban J connectivity index is 1.89. The Bertz CT molecular complexity index is 610. The Morgan fingerprint density at radius 1 is 0.913 bits per heavy atom. The third-order valence-corrected chi connectivity index (χ3v) is 4.37. The second-order valence-corrected chi connectivity index (χ2v) is 5.92. The van der Waals surface area contributed by atoms with Crippen LogP contribution in [0.1, 0.15) is 18.0 Å². The number of hydrogen-bond acceptors (Lipinski definition) is 2. The van der Waals surface area contributed by atoms with Gasteiger partial charge >= 0.3 is 0 Å². The van der Waals surface area contributed by atoms with E-state index in [1.54, 1.807) is 0 Å². The fraction of sp³-hybridized carbons (Fsp3) is 0.368. The van der Waals surface area contributed by atoms with Gasteiger partial charge in [0, 0.05) is 38.6 Å². The number of rotatable bonds is 5. The average Bonchev–Trinajstić information content (AvgIpc) is 2.61. The maximum atomic E-state index is 13.1. The highest BCUT2D eigenvalue weighted by molar-refractivity contribution is 5.64. The second-order valence-electron chi connectivity index (χ2n) is 5.92. The van der Waals surface area contributed by atoms with E-state index in [1.807, 2.05) is 48.5 Å². The zero-order valence-electron chi connectivity index (χ0n) is 13.1. The molecule has 0 bridgehead atoms. The number of piperazine rings is 1. The van der Waals surface area contributed by atoms with E-state index >= 15 is 0 Å². The second kappa shape index (κ2) is 7.66.